The molecule has 0 bridgehead atoms. The molecule has 2 rings (SSSR count). The van der Waals surface area contributed by atoms with Crippen molar-refractivity contribution < 1.29 is 24.2 Å². The molecule has 0 radical (unpaired) electrons. The smallest absolute Gasteiger partial charge is 0.267 e. The topological polar surface area (TPSA) is 108 Å². The number of aliphatic carboxylic acids is 1. The minimum Gasteiger partial charge on any atom is -0.550 e. The summed E-state index contributed by atoms with van der Waals surface area (Å²) < 4.78 is 5.58. The molecule has 0 fully saturated rings. The van der Waals surface area contributed by atoms with E-state index in [0.29, 0.717) is 23.5 Å². The van der Waals surface area contributed by atoms with Gasteiger partial charge in [0.15, 0.2) is 0 Å². The number of carbonyl (C=O) groups is 3. The summed E-state index contributed by atoms with van der Waals surface area (Å²) in [7, 11) is 0. The third-order valence-corrected chi connectivity index (χ3v) is 4.10. The Hall–Kier alpha value is -3.61. The fraction of sp³-hybridized carbons (Fsp3) is 0.261. The number of carbonyl (C=O) groups excluding carboxylic acids is 3. The number of benzene rings is 2. The number of amides is 2. The average molecular weight is 409 g/mol. The molecular formula is C23H25N2O5-. The zero-order chi connectivity index (χ0) is 21.8. The van der Waals surface area contributed by atoms with E-state index in [4.69, 9.17) is 4.74 Å². The maximum atomic E-state index is 12.6. The number of rotatable bonds is 11. The third-order valence-electron chi connectivity index (χ3n) is 4.10. The molecule has 0 saturated carbocycles. The van der Waals surface area contributed by atoms with Crippen LogP contribution in [0.3, 0.4) is 0 Å². The molecule has 158 valence electrons. The second-order valence-corrected chi connectivity index (χ2v) is 6.53. The molecule has 30 heavy (non-hydrogen) atoms. The number of ether oxygens (including phenoxy) is 1. The van der Waals surface area contributed by atoms with Gasteiger partial charge in [0.25, 0.3) is 11.8 Å². The fourth-order valence-electron chi connectivity index (χ4n) is 2.48. The zero-order valence-electron chi connectivity index (χ0n) is 16.9. The van der Waals surface area contributed by atoms with Gasteiger partial charge in [0.1, 0.15) is 11.4 Å². The SMILES string of the molecule is CCCCOc1ccc(C(=O)N/C(=C/c2ccccc2)C(=O)NCCC(=O)[O-])cc1. The normalized spacial score (nSPS) is 10.9. The first kappa shape index (κ1) is 22.7. The van der Waals surface area contributed by atoms with Crippen LogP contribution in [-0.2, 0) is 9.59 Å². The lowest BCUT2D eigenvalue weighted by atomic mass is 10.1. The predicted molar refractivity (Wildman–Crippen MR) is 111 cm³/mol. The highest BCUT2D eigenvalue weighted by Crippen LogP contribution is 2.13. The minimum absolute atomic E-state index is 0.00724. The molecule has 2 aromatic carbocycles. The van der Waals surface area contributed by atoms with E-state index in [-0.39, 0.29) is 18.7 Å². The molecule has 0 aliphatic rings. The first-order chi connectivity index (χ1) is 14.5. The minimum atomic E-state index is -1.27. The lowest BCUT2D eigenvalue weighted by Gasteiger charge is -2.12. The van der Waals surface area contributed by atoms with Crippen molar-refractivity contribution in [1.29, 1.82) is 0 Å². The van der Waals surface area contributed by atoms with Crippen LogP contribution in [0.2, 0.25) is 0 Å². The molecule has 0 unspecified atom stereocenters. The second kappa shape index (κ2) is 12.1. The van der Waals surface area contributed by atoms with Crippen molar-refractivity contribution in [3.8, 4) is 5.75 Å². The molecule has 0 aliphatic carbocycles. The molecule has 7 nitrogen and oxygen atoms in total. The van der Waals surface area contributed by atoms with Crippen LogP contribution in [0.1, 0.15) is 42.1 Å². The summed E-state index contributed by atoms with van der Waals surface area (Å²) in [5.41, 5.74) is 1.08. The molecule has 0 heterocycles. The Morgan fingerprint density at radius 2 is 1.73 bits per heavy atom. The van der Waals surface area contributed by atoms with E-state index in [2.05, 4.69) is 17.6 Å². The van der Waals surface area contributed by atoms with E-state index in [9.17, 15) is 19.5 Å². The molecule has 0 aliphatic heterocycles. The number of carboxylic acids is 1. The van der Waals surface area contributed by atoms with Gasteiger partial charge >= 0.3 is 0 Å². The number of hydrogen-bond acceptors (Lipinski definition) is 5. The lowest BCUT2D eigenvalue weighted by Crippen LogP contribution is -2.37. The molecule has 7 heteroatoms. The van der Waals surface area contributed by atoms with Gasteiger partial charge in [-0.25, -0.2) is 0 Å². The molecule has 0 saturated heterocycles. The van der Waals surface area contributed by atoms with Crippen LogP contribution in [0.15, 0.2) is 60.3 Å². The number of hydrogen-bond donors (Lipinski definition) is 2. The predicted octanol–water partition coefficient (Wildman–Crippen LogP) is 1.89. The lowest BCUT2D eigenvalue weighted by molar-refractivity contribution is -0.305. The summed E-state index contributed by atoms with van der Waals surface area (Å²) in [4.78, 5) is 35.7. The Bertz CT molecular complexity index is 876. The quantitative estimate of drug-likeness (QED) is 0.435. The monoisotopic (exact) mass is 409 g/mol. The maximum Gasteiger partial charge on any atom is 0.267 e. The van der Waals surface area contributed by atoms with Crippen molar-refractivity contribution in [3.63, 3.8) is 0 Å². The van der Waals surface area contributed by atoms with E-state index in [1.807, 2.05) is 6.07 Å². The summed E-state index contributed by atoms with van der Waals surface area (Å²) in [6.07, 6.45) is 3.18. The van der Waals surface area contributed by atoms with Crippen LogP contribution in [0.4, 0.5) is 0 Å². The van der Waals surface area contributed by atoms with Crippen molar-refractivity contribution in [1.82, 2.24) is 10.6 Å². The van der Waals surface area contributed by atoms with Gasteiger partial charge in [-0.2, -0.15) is 0 Å². The average Bonchev–Trinajstić information content (AvgIpc) is 2.74. The van der Waals surface area contributed by atoms with Crippen LogP contribution in [-0.4, -0.2) is 30.9 Å². The highest BCUT2D eigenvalue weighted by Gasteiger charge is 2.14. The molecule has 2 aromatic rings. The van der Waals surface area contributed by atoms with Gasteiger partial charge in [-0.05, 0) is 42.3 Å². The van der Waals surface area contributed by atoms with Crippen LogP contribution in [0.25, 0.3) is 6.08 Å². The highest BCUT2D eigenvalue weighted by molar-refractivity contribution is 6.05. The fourth-order valence-corrected chi connectivity index (χ4v) is 2.48. The van der Waals surface area contributed by atoms with E-state index < -0.39 is 17.8 Å². The third kappa shape index (κ3) is 7.79. The summed E-state index contributed by atoms with van der Waals surface area (Å²) in [5.74, 6) is -1.66. The molecule has 0 aromatic heterocycles. The van der Waals surface area contributed by atoms with Crippen molar-refractivity contribution >= 4 is 23.9 Å². The zero-order valence-corrected chi connectivity index (χ0v) is 16.9. The van der Waals surface area contributed by atoms with Crippen molar-refractivity contribution in [2.24, 2.45) is 0 Å². The van der Waals surface area contributed by atoms with Gasteiger partial charge in [0.2, 0.25) is 0 Å². The van der Waals surface area contributed by atoms with Crippen LogP contribution >= 0.6 is 0 Å². The van der Waals surface area contributed by atoms with Crippen LogP contribution in [0.5, 0.6) is 5.75 Å². The number of unbranched alkanes of at least 4 members (excludes halogenated alkanes) is 1. The molecular weight excluding hydrogens is 384 g/mol. The van der Waals surface area contributed by atoms with Crippen molar-refractivity contribution in [2.75, 3.05) is 13.2 Å². The molecule has 0 spiro atoms. The van der Waals surface area contributed by atoms with Gasteiger partial charge < -0.3 is 25.3 Å². The van der Waals surface area contributed by atoms with Gasteiger partial charge in [0, 0.05) is 24.5 Å². The first-order valence-corrected chi connectivity index (χ1v) is 9.78. The Morgan fingerprint density at radius 3 is 2.37 bits per heavy atom. The van der Waals surface area contributed by atoms with Crippen LogP contribution in [0, 0.1) is 0 Å². The summed E-state index contributed by atoms with van der Waals surface area (Å²) in [6, 6.07) is 15.6. The molecule has 2 N–H and O–H groups in total. The summed E-state index contributed by atoms with van der Waals surface area (Å²) in [5, 5.41) is 15.6. The standard InChI is InChI=1S/C23H26N2O5/c1-2-3-15-30-19-11-9-18(10-12-19)22(28)25-20(16-17-7-5-4-6-8-17)23(29)24-14-13-21(26)27/h4-12,16H,2-3,13-15H2,1H3,(H,24,29)(H,25,28)(H,26,27)/p-1/b20-16+. The Morgan fingerprint density at radius 1 is 1.03 bits per heavy atom. The van der Waals surface area contributed by atoms with E-state index in [1.165, 1.54) is 6.08 Å². The second-order valence-electron chi connectivity index (χ2n) is 6.53. The van der Waals surface area contributed by atoms with E-state index in [0.717, 1.165) is 12.8 Å². The van der Waals surface area contributed by atoms with E-state index >= 15 is 0 Å². The van der Waals surface area contributed by atoms with Gasteiger partial charge in [-0.15, -0.1) is 0 Å². The Balaban J connectivity index is 2.10. The largest absolute Gasteiger partial charge is 0.550 e. The van der Waals surface area contributed by atoms with E-state index in [1.54, 1.807) is 48.5 Å². The van der Waals surface area contributed by atoms with Gasteiger partial charge in [0.05, 0.1) is 6.61 Å². The number of nitrogens with one attached hydrogen (secondary N) is 2. The summed E-state index contributed by atoms with van der Waals surface area (Å²) in [6.45, 7) is 2.58. The Labute approximate surface area is 175 Å². The first-order valence-electron chi connectivity index (χ1n) is 9.78. The number of carboxylic acid groups (broad SMARTS) is 1. The van der Waals surface area contributed by atoms with Gasteiger partial charge in [-0.3, -0.25) is 9.59 Å². The summed E-state index contributed by atoms with van der Waals surface area (Å²) >= 11 is 0. The highest BCUT2D eigenvalue weighted by atomic mass is 16.5. The maximum absolute atomic E-state index is 12.6. The molecule has 2 amide bonds. The molecule has 0 atom stereocenters. The van der Waals surface area contributed by atoms with Crippen LogP contribution < -0.4 is 20.5 Å². The van der Waals surface area contributed by atoms with Crippen molar-refractivity contribution in [2.45, 2.75) is 26.2 Å². The Kier molecular flexibility index (Phi) is 9.12. The van der Waals surface area contributed by atoms with Crippen molar-refractivity contribution in [3.05, 3.63) is 71.4 Å². The van der Waals surface area contributed by atoms with Gasteiger partial charge in [-0.1, -0.05) is 43.7 Å².